The SMILES string of the molecule is CCC1CC2C(=O)N(c3ccc(C)cc3)C(=O)C2c2c1n(COC)c1ccc(OC)cc21. The number of aromatic nitrogens is 1. The van der Waals surface area contributed by atoms with Gasteiger partial charge in [0.15, 0.2) is 0 Å². The van der Waals surface area contributed by atoms with Crippen LogP contribution in [0.2, 0.25) is 0 Å². The van der Waals surface area contributed by atoms with Gasteiger partial charge in [0.25, 0.3) is 0 Å². The Hall–Kier alpha value is -3.12. The number of carbonyl (C=O) groups is 2. The zero-order valence-corrected chi connectivity index (χ0v) is 18.9. The van der Waals surface area contributed by atoms with Gasteiger partial charge in [-0.15, -0.1) is 0 Å². The Balaban J connectivity index is 1.74. The molecule has 1 fully saturated rings. The van der Waals surface area contributed by atoms with Crippen LogP contribution in [0.15, 0.2) is 42.5 Å². The van der Waals surface area contributed by atoms with Gasteiger partial charge in [-0.1, -0.05) is 24.6 Å². The summed E-state index contributed by atoms with van der Waals surface area (Å²) in [5.74, 6) is -0.169. The summed E-state index contributed by atoms with van der Waals surface area (Å²) in [7, 11) is 3.32. The molecular formula is C26H28N2O4. The van der Waals surface area contributed by atoms with Gasteiger partial charge < -0.3 is 14.0 Å². The molecule has 2 aliphatic rings. The lowest BCUT2D eigenvalue weighted by atomic mass is 9.72. The van der Waals surface area contributed by atoms with Crippen molar-refractivity contribution in [3.63, 3.8) is 0 Å². The molecule has 2 amide bonds. The van der Waals surface area contributed by atoms with Crippen LogP contribution in [0.25, 0.3) is 10.9 Å². The number of hydrogen-bond acceptors (Lipinski definition) is 4. The van der Waals surface area contributed by atoms with Crippen LogP contribution in [0.5, 0.6) is 5.75 Å². The van der Waals surface area contributed by atoms with Crippen LogP contribution >= 0.6 is 0 Å². The lowest BCUT2D eigenvalue weighted by Gasteiger charge is -2.30. The van der Waals surface area contributed by atoms with Gasteiger partial charge in [-0.25, -0.2) is 4.90 Å². The van der Waals surface area contributed by atoms with E-state index in [0.717, 1.165) is 39.9 Å². The number of hydrogen-bond donors (Lipinski definition) is 0. The molecule has 32 heavy (non-hydrogen) atoms. The quantitative estimate of drug-likeness (QED) is 0.547. The highest BCUT2D eigenvalue weighted by atomic mass is 16.5. The van der Waals surface area contributed by atoms with Crippen LogP contribution < -0.4 is 9.64 Å². The van der Waals surface area contributed by atoms with E-state index >= 15 is 0 Å². The Kier molecular flexibility index (Phi) is 5.05. The van der Waals surface area contributed by atoms with Crippen molar-refractivity contribution in [2.75, 3.05) is 19.1 Å². The zero-order chi connectivity index (χ0) is 22.6. The van der Waals surface area contributed by atoms with Crippen LogP contribution in [0, 0.1) is 12.8 Å². The second-order valence-corrected chi connectivity index (χ2v) is 8.80. The van der Waals surface area contributed by atoms with Gasteiger partial charge in [0.2, 0.25) is 11.8 Å². The van der Waals surface area contributed by atoms with E-state index in [0.29, 0.717) is 18.8 Å². The molecule has 3 unspecified atom stereocenters. The first-order valence-corrected chi connectivity index (χ1v) is 11.1. The lowest BCUT2D eigenvalue weighted by molar-refractivity contribution is -0.122. The van der Waals surface area contributed by atoms with Crippen molar-refractivity contribution in [3.05, 3.63) is 59.3 Å². The predicted molar refractivity (Wildman–Crippen MR) is 123 cm³/mol. The monoisotopic (exact) mass is 432 g/mol. The Morgan fingerprint density at radius 3 is 2.44 bits per heavy atom. The molecule has 1 saturated heterocycles. The number of nitrogens with zero attached hydrogens (tertiary/aromatic N) is 2. The summed E-state index contributed by atoms with van der Waals surface area (Å²) in [6.07, 6.45) is 1.55. The fourth-order valence-corrected chi connectivity index (χ4v) is 5.56. The molecule has 0 radical (unpaired) electrons. The molecule has 1 aliphatic heterocycles. The van der Waals surface area contributed by atoms with E-state index in [1.807, 2.05) is 49.4 Å². The van der Waals surface area contributed by atoms with Gasteiger partial charge in [0, 0.05) is 24.1 Å². The molecule has 2 heterocycles. The average Bonchev–Trinajstić information content (AvgIpc) is 3.25. The molecule has 6 heteroatoms. The molecule has 1 aromatic heterocycles. The van der Waals surface area contributed by atoms with E-state index in [-0.39, 0.29) is 23.7 Å². The third kappa shape index (κ3) is 2.89. The first-order chi connectivity index (χ1) is 15.5. The molecule has 3 aromatic rings. The topological polar surface area (TPSA) is 60.8 Å². The number of methoxy groups -OCH3 is 2. The van der Waals surface area contributed by atoms with Gasteiger partial charge >= 0.3 is 0 Å². The van der Waals surface area contributed by atoms with Crippen LogP contribution in [0.4, 0.5) is 5.69 Å². The summed E-state index contributed by atoms with van der Waals surface area (Å²) in [6, 6.07) is 13.5. The average molecular weight is 433 g/mol. The number of carbonyl (C=O) groups excluding carboxylic acids is 2. The first kappa shape index (κ1) is 20.8. The van der Waals surface area contributed by atoms with E-state index in [9.17, 15) is 9.59 Å². The highest BCUT2D eigenvalue weighted by Gasteiger charge is 2.54. The molecule has 166 valence electrons. The van der Waals surface area contributed by atoms with Crippen LogP contribution in [-0.2, 0) is 21.1 Å². The van der Waals surface area contributed by atoms with Crippen molar-refractivity contribution in [2.45, 2.75) is 45.3 Å². The number of fused-ring (bicyclic) bond motifs is 5. The smallest absolute Gasteiger partial charge is 0.242 e. The first-order valence-electron chi connectivity index (χ1n) is 11.1. The van der Waals surface area contributed by atoms with E-state index in [1.165, 1.54) is 4.90 Å². The molecule has 5 rings (SSSR count). The van der Waals surface area contributed by atoms with E-state index in [4.69, 9.17) is 9.47 Å². The predicted octanol–water partition coefficient (Wildman–Crippen LogP) is 4.73. The second kappa shape index (κ2) is 7.78. The number of rotatable bonds is 5. The molecular weight excluding hydrogens is 404 g/mol. The number of amides is 2. The Morgan fingerprint density at radius 1 is 1.03 bits per heavy atom. The van der Waals surface area contributed by atoms with Crippen LogP contribution in [-0.4, -0.2) is 30.6 Å². The highest BCUT2D eigenvalue weighted by Crippen LogP contribution is 2.53. The van der Waals surface area contributed by atoms with Crippen molar-refractivity contribution >= 4 is 28.4 Å². The van der Waals surface area contributed by atoms with Crippen molar-refractivity contribution in [1.82, 2.24) is 4.57 Å². The third-order valence-electron chi connectivity index (χ3n) is 7.06. The minimum atomic E-state index is -0.491. The summed E-state index contributed by atoms with van der Waals surface area (Å²) in [5.41, 5.74) is 4.82. The summed E-state index contributed by atoms with van der Waals surface area (Å²) >= 11 is 0. The van der Waals surface area contributed by atoms with Gasteiger partial charge in [-0.3, -0.25) is 9.59 Å². The number of benzene rings is 2. The van der Waals surface area contributed by atoms with Crippen molar-refractivity contribution in [2.24, 2.45) is 5.92 Å². The lowest BCUT2D eigenvalue weighted by Crippen LogP contribution is -2.30. The Labute approximate surface area is 187 Å². The standard InChI is InChI=1S/C26H28N2O4/c1-5-16-12-20-23(26(30)28(25(20)29)17-8-6-15(2)7-9-17)22-19-13-18(32-4)10-11-21(19)27(14-31-3)24(16)22/h6-11,13,16,20,23H,5,12,14H2,1-4H3. The summed E-state index contributed by atoms with van der Waals surface area (Å²) in [6.45, 7) is 4.53. The highest BCUT2D eigenvalue weighted by molar-refractivity contribution is 6.24. The number of ether oxygens (including phenoxy) is 2. The second-order valence-electron chi connectivity index (χ2n) is 8.80. The molecule has 1 aliphatic carbocycles. The number of aryl methyl sites for hydroxylation is 1. The van der Waals surface area contributed by atoms with Gasteiger partial charge in [0.1, 0.15) is 12.5 Å². The third-order valence-corrected chi connectivity index (χ3v) is 7.06. The minimum Gasteiger partial charge on any atom is -0.497 e. The summed E-state index contributed by atoms with van der Waals surface area (Å²) in [4.78, 5) is 28.7. The maximum Gasteiger partial charge on any atom is 0.242 e. The van der Waals surface area contributed by atoms with Crippen LogP contribution in [0.3, 0.4) is 0 Å². The normalized spacial score (nSPS) is 22.4. The maximum absolute atomic E-state index is 13.8. The molecule has 6 nitrogen and oxygen atoms in total. The molecule has 3 atom stereocenters. The van der Waals surface area contributed by atoms with E-state index < -0.39 is 5.92 Å². The number of imide groups is 1. The fourth-order valence-electron chi connectivity index (χ4n) is 5.56. The van der Waals surface area contributed by atoms with Gasteiger partial charge in [0.05, 0.1) is 30.1 Å². The van der Waals surface area contributed by atoms with Crippen molar-refractivity contribution in [1.29, 1.82) is 0 Å². The summed E-state index contributed by atoms with van der Waals surface area (Å²) < 4.78 is 13.2. The zero-order valence-electron chi connectivity index (χ0n) is 18.9. The molecule has 2 aromatic carbocycles. The largest absolute Gasteiger partial charge is 0.497 e. The van der Waals surface area contributed by atoms with E-state index in [2.05, 4.69) is 11.5 Å². The van der Waals surface area contributed by atoms with Gasteiger partial charge in [-0.2, -0.15) is 0 Å². The van der Waals surface area contributed by atoms with Crippen LogP contribution in [0.1, 0.15) is 48.4 Å². The summed E-state index contributed by atoms with van der Waals surface area (Å²) in [5, 5.41) is 0.969. The molecule has 0 bridgehead atoms. The number of anilines is 1. The van der Waals surface area contributed by atoms with Crippen molar-refractivity contribution < 1.29 is 19.1 Å². The Morgan fingerprint density at radius 2 is 1.78 bits per heavy atom. The molecule has 0 spiro atoms. The van der Waals surface area contributed by atoms with E-state index in [1.54, 1.807) is 14.2 Å². The van der Waals surface area contributed by atoms with Gasteiger partial charge in [-0.05, 0) is 55.7 Å². The Bertz CT molecular complexity index is 1210. The fraction of sp³-hybridized carbons (Fsp3) is 0.385. The molecule has 0 N–H and O–H groups in total. The minimum absolute atomic E-state index is 0.0940. The maximum atomic E-state index is 13.8. The molecule has 0 saturated carbocycles. The van der Waals surface area contributed by atoms with Crippen molar-refractivity contribution in [3.8, 4) is 5.75 Å².